The van der Waals surface area contributed by atoms with E-state index in [1.54, 1.807) is 18.2 Å². The van der Waals surface area contributed by atoms with Crippen LogP contribution in [0.25, 0.3) is 0 Å². The van der Waals surface area contributed by atoms with Gasteiger partial charge in [0.2, 0.25) is 5.91 Å². The zero-order valence-electron chi connectivity index (χ0n) is 13.8. The molecular formula is C19H23N3O2. The lowest BCUT2D eigenvalue weighted by Gasteiger charge is -2.29. The molecule has 3 rings (SSSR count). The number of nitrogens with zero attached hydrogens (tertiary/aromatic N) is 1. The van der Waals surface area contributed by atoms with Gasteiger partial charge in [-0.2, -0.15) is 0 Å². The molecular weight excluding hydrogens is 302 g/mol. The van der Waals surface area contributed by atoms with Crippen LogP contribution in [0.1, 0.15) is 36.0 Å². The van der Waals surface area contributed by atoms with E-state index in [0.717, 1.165) is 38.8 Å². The quantitative estimate of drug-likeness (QED) is 0.813. The average Bonchev–Trinajstić information content (AvgIpc) is 3.40. The van der Waals surface area contributed by atoms with E-state index in [0.29, 0.717) is 23.8 Å². The van der Waals surface area contributed by atoms with Crippen molar-refractivity contribution in [2.45, 2.75) is 31.7 Å². The summed E-state index contributed by atoms with van der Waals surface area (Å²) in [5.74, 6) is 2.60. The van der Waals surface area contributed by atoms with E-state index in [1.165, 1.54) is 0 Å². The fraction of sp³-hybridized carbons (Fsp3) is 0.474. The van der Waals surface area contributed by atoms with Crippen LogP contribution in [0.4, 0.5) is 5.69 Å². The second-order valence-corrected chi connectivity index (χ2v) is 6.57. The number of benzene rings is 1. The summed E-state index contributed by atoms with van der Waals surface area (Å²) in [6, 6.07) is 7.45. The van der Waals surface area contributed by atoms with Crippen molar-refractivity contribution in [3.63, 3.8) is 0 Å². The molecule has 5 nitrogen and oxygen atoms in total. The largest absolute Gasteiger partial charge is 0.349 e. The van der Waals surface area contributed by atoms with Crippen LogP contribution in [-0.4, -0.2) is 42.4 Å². The molecule has 5 heteroatoms. The Balaban J connectivity index is 1.54. The molecule has 2 aliphatic rings. The lowest BCUT2D eigenvalue weighted by atomic mass is 9.96. The molecule has 0 aromatic heterocycles. The Kier molecular flexibility index (Phi) is 5.17. The van der Waals surface area contributed by atoms with Crippen molar-refractivity contribution < 1.29 is 9.59 Å². The van der Waals surface area contributed by atoms with E-state index < -0.39 is 0 Å². The van der Waals surface area contributed by atoms with Crippen molar-refractivity contribution in [1.82, 2.24) is 10.2 Å². The van der Waals surface area contributed by atoms with Crippen molar-refractivity contribution in [2.75, 3.05) is 25.0 Å². The smallest absolute Gasteiger partial charge is 0.251 e. The van der Waals surface area contributed by atoms with E-state index in [4.69, 9.17) is 6.42 Å². The molecule has 1 heterocycles. The molecule has 2 amide bonds. The number of terminal acetylenes is 1. The van der Waals surface area contributed by atoms with Gasteiger partial charge in [-0.1, -0.05) is 12.0 Å². The summed E-state index contributed by atoms with van der Waals surface area (Å²) in [5, 5.41) is 5.90. The number of carbonyl (C=O) groups is 2. The van der Waals surface area contributed by atoms with Gasteiger partial charge >= 0.3 is 0 Å². The fourth-order valence-corrected chi connectivity index (χ4v) is 2.96. The van der Waals surface area contributed by atoms with Crippen molar-refractivity contribution >= 4 is 17.5 Å². The number of carbonyl (C=O) groups excluding carboxylic acids is 2. The van der Waals surface area contributed by atoms with E-state index in [9.17, 15) is 9.59 Å². The lowest BCUT2D eigenvalue weighted by molar-refractivity contribution is -0.121. The number of rotatable bonds is 5. The van der Waals surface area contributed by atoms with Crippen LogP contribution in [-0.2, 0) is 4.79 Å². The summed E-state index contributed by atoms with van der Waals surface area (Å²) >= 11 is 0. The van der Waals surface area contributed by atoms with E-state index >= 15 is 0 Å². The molecule has 2 fully saturated rings. The first-order valence-electron chi connectivity index (χ1n) is 8.53. The maximum atomic E-state index is 12.4. The minimum Gasteiger partial charge on any atom is -0.349 e. The molecule has 1 aromatic rings. The molecule has 1 aliphatic heterocycles. The molecule has 0 atom stereocenters. The Morgan fingerprint density at radius 3 is 2.62 bits per heavy atom. The van der Waals surface area contributed by atoms with Gasteiger partial charge in [-0.15, -0.1) is 6.42 Å². The molecule has 0 radical (unpaired) electrons. The number of nitrogens with one attached hydrogen (secondary N) is 2. The normalized spacial score (nSPS) is 18.6. The van der Waals surface area contributed by atoms with Gasteiger partial charge in [0, 0.05) is 23.2 Å². The maximum Gasteiger partial charge on any atom is 0.251 e. The molecule has 1 saturated heterocycles. The molecule has 0 unspecified atom stereocenters. The van der Waals surface area contributed by atoms with Crippen molar-refractivity contribution in [2.24, 2.45) is 5.92 Å². The Labute approximate surface area is 142 Å². The van der Waals surface area contributed by atoms with Gasteiger partial charge in [0.25, 0.3) is 5.91 Å². The van der Waals surface area contributed by atoms with Crippen LogP contribution < -0.4 is 10.6 Å². The Hall–Kier alpha value is -2.32. The van der Waals surface area contributed by atoms with Crippen LogP contribution in [0.3, 0.4) is 0 Å². The first-order valence-corrected chi connectivity index (χ1v) is 8.53. The van der Waals surface area contributed by atoms with Crippen molar-refractivity contribution in [3.05, 3.63) is 29.8 Å². The number of hydrogen-bond donors (Lipinski definition) is 2. The molecule has 0 bridgehead atoms. The summed E-state index contributed by atoms with van der Waals surface area (Å²) < 4.78 is 0. The predicted molar refractivity (Wildman–Crippen MR) is 93.6 cm³/mol. The minimum absolute atomic E-state index is 0.00275. The molecule has 1 aliphatic carbocycles. The summed E-state index contributed by atoms with van der Waals surface area (Å²) in [7, 11) is 0. The maximum absolute atomic E-state index is 12.4. The summed E-state index contributed by atoms with van der Waals surface area (Å²) in [6.45, 7) is 2.35. The topological polar surface area (TPSA) is 61.4 Å². The monoisotopic (exact) mass is 325 g/mol. The third-order valence-electron chi connectivity index (χ3n) is 4.58. The zero-order valence-corrected chi connectivity index (χ0v) is 13.8. The first kappa shape index (κ1) is 16.5. The van der Waals surface area contributed by atoms with Crippen molar-refractivity contribution in [1.29, 1.82) is 0 Å². The van der Waals surface area contributed by atoms with Gasteiger partial charge in [-0.05, 0) is 57.0 Å². The van der Waals surface area contributed by atoms with E-state index in [2.05, 4.69) is 21.5 Å². The predicted octanol–water partition coefficient (Wildman–Crippen LogP) is 1.86. The highest BCUT2D eigenvalue weighted by atomic mass is 16.2. The standard InChI is InChI=1S/C19H23N3O2/c1-2-10-22-11-8-14(9-12-22)18(23)21-17-5-3-4-15(13-17)19(24)20-16-6-7-16/h1,3-5,13-14,16H,6-12H2,(H,20,24)(H,21,23). The van der Waals surface area contributed by atoms with Gasteiger partial charge in [0.05, 0.1) is 6.54 Å². The van der Waals surface area contributed by atoms with Gasteiger partial charge in [0.1, 0.15) is 0 Å². The third-order valence-corrected chi connectivity index (χ3v) is 4.58. The number of amides is 2. The summed E-state index contributed by atoms with van der Waals surface area (Å²) in [5.41, 5.74) is 1.26. The summed E-state index contributed by atoms with van der Waals surface area (Å²) in [6.07, 6.45) is 9.07. The molecule has 1 aromatic carbocycles. The fourth-order valence-electron chi connectivity index (χ4n) is 2.96. The highest BCUT2D eigenvalue weighted by Crippen LogP contribution is 2.21. The minimum atomic E-state index is -0.0730. The highest BCUT2D eigenvalue weighted by Gasteiger charge is 2.25. The summed E-state index contributed by atoms with van der Waals surface area (Å²) in [4.78, 5) is 26.7. The van der Waals surface area contributed by atoms with Gasteiger partial charge < -0.3 is 10.6 Å². The second kappa shape index (κ2) is 7.50. The Morgan fingerprint density at radius 2 is 1.96 bits per heavy atom. The van der Waals surface area contributed by atoms with Crippen LogP contribution >= 0.6 is 0 Å². The van der Waals surface area contributed by atoms with Gasteiger partial charge in [0.15, 0.2) is 0 Å². The van der Waals surface area contributed by atoms with Gasteiger partial charge in [-0.3, -0.25) is 14.5 Å². The average molecular weight is 325 g/mol. The number of hydrogen-bond acceptors (Lipinski definition) is 3. The number of anilines is 1. The SMILES string of the molecule is C#CCN1CCC(C(=O)Nc2cccc(C(=O)NC3CC3)c2)CC1. The Bertz CT molecular complexity index is 653. The van der Waals surface area contributed by atoms with Crippen LogP contribution in [0.2, 0.25) is 0 Å². The van der Waals surface area contributed by atoms with Crippen LogP contribution in [0, 0.1) is 18.3 Å². The van der Waals surface area contributed by atoms with Crippen LogP contribution in [0.15, 0.2) is 24.3 Å². The molecule has 1 saturated carbocycles. The first-order chi connectivity index (χ1) is 11.7. The van der Waals surface area contributed by atoms with E-state index in [1.807, 2.05) is 6.07 Å². The van der Waals surface area contributed by atoms with Crippen LogP contribution in [0.5, 0.6) is 0 Å². The van der Waals surface area contributed by atoms with Gasteiger partial charge in [-0.25, -0.2) is 0 Å². The molecule has 126 valence electrons. The van der Waals surface area contributed by atoms with E-state index in [-0.39, 0.29) is 17.7 Å². The molecule has 24 heavy (non-hydrogen) atoms. The zero-order chi connectivity index (χ0) is 16.9. The second-order valence-electron chi connectivity index (χ2n) is 6.57. The Morgan fingerprint density at radius 1 is 1.21 bits per heavy atom. The highest BCUT2D eigenvalue weighted by molar-refractivity contribution is 5.97. The molecule has 0 spiro atoms. The lowest BCUT2D eigenvalue weighted by Crippen LogP contribution is -2.38. The molecule has 2 N–H and O–H groups in total. The number of piperidine rings is 1. The van der Waals surface area contributed by atoms with Crippen molar-refractivity contribution in [3.8, 4) is 12.3 Å². The number of likely N-dealkylation sites (tertiary alicyclic amines) is 1. The third kappa shape index (κ3) is 4.36.